The fourth-order valence-corrected chi connectivity index (χ4v) is 1.64. The monoisotopic (exact) mass is 237 g/mol. The van der Waals surface area contributed by atoms with E-state index in [1.165, 1.54) is 0 Å². The quantitative estimate of drug-likeness (QED) is 0.365. The molecule has 0 fully saturated rings. The van der Waals surface area contributed by atoms with Crippen LogP contribution < -0.4 is 11.3 Å². The standard InChI is InChI=1S/C12H19N3O2/c1-10(12(17)14-13)15(7-8-16)9-11-5-3-2-4-6-11/h2-6,10,16H,7-9,13H2,1H3,(H,14,17). The van der Waals surface area contributed by atoms with Gasteiger partial charge in [-0.3, -0.25) is 15.1 Å². The van der Waals surface area contributed by atoms with Crippen LogP contribution in [-0.2, 0) is 11.3 Å². The summed E-state index contributed by atoms with van der Waals surface area (Å²) in [6, 6.07) is 9.43. The molecule has 0 aromatic heterocycles. The van der Waals surface area contributed by atoms with Crippen molar-refractivity contribution in [2.45, 2.75) is 19.5 Å². The number of hydrazine groups is 1. The number of nitrogens with one attached hydrogen (secondary N) is 1. The third kappa shape index (κ3) is 4.14. The zero-order valence-corrected chi connectivity index (χ0v) is 9.97. The van der Waals surface area contributed by atoms with Crippen molar-refractivity contribution >= 4 is 5.91 Å². The van der Waals surface area contributed by atoms with Gasteiger partial charge in [0.15, 0.2) is 0 Å². The van der Waals surface area contributed by atoms with Crippen LogP contribution in [0.3, 0.4) is 0 Å². The summed E-state index contributed by atoms with van der Waals surface area (Å²) in [5.74, 6) is 4.86. The number of aliphatic hydroxyl groups excluding tert-OH is 1. The van der Waals surface area contributed by atoms with E-state index in [1.54, 1.807) is 6.92 Å². The van der Waals surface area contributed by atoms with Gasteiger partial charge >= 0.3 is 0 Å². The van der Waals surface area contributed by atoms with Gasteiger partial charge in [-0.25, -0.2) is 5.84 Å². The van der Waals surface area contributed by atoms with Crippen molar-refractivity contribution in [1.82, 2.24) is 10.3 Å². The Morgan fingerprint density at radius 3 is 2.65 bits per heavy atom. The molecular formula is C12H19N3O2. The van der Waals surface area contributed by atoms with Gasteiger partial charge in [0, 0.05) is 13.1 Å². The minimum absolute atomic E-state index is 0.00895. The lowest BCUT2D eigenvalue weighted by atomic mass is 10.1. The highest BCUT2D eigenvalue weighted by Gasteiger charge is 2.19. The normalized spacial score (nSPS) is 12.5. The van der Waals surface area contributed by atoms with Crippen molar-refractivity contribution in [3.8, 4) is 0 Å². The Balaban J connectivity index is 2.69. The first kappa shape index (κ1) is 13.6. The van der Waals surface area contributed by atoms with Crippen molar-refractivity contribution in [3.63, 3.8) is 0 Å². The average molecular weight is 237 g/mol. The number of amides is 1. The Kier molecular flexibility index (Phi) is 5.62. The second kappa shape index (κ2) is 7.01. The number of carbonyl (C=O) groups is 1. The largest absolute Gasteiger partial charge is 0.395 e. The molecule has 1 amide bonds. The Labute approximate surface area is 101 Å². The number of aliphatic hydroxyl groups is 1. The summed E-state index contributed by atoms with van der Waals surface area (Å²) in [5, 5.41) is 9.01. The molecular weight excluding hydrogens is 218 g/mol. The molecule has 4 N–H and O–H groups in total. The van der Waals surface area contributed by atoms with E-state index in [1.807, 2.05) is 35.2 Å². The topological polar surface area (TPSA) is 78.6 Å². The van der Waals surface area contributed by atoms with Gasteiger partial charge in [0.2, 0.25) is 0 Å². The SMILES string of the molecule is CC(C(=O)NN)N(CCO)Cc1ccccc1. The predicted octanol–water partition coefficient (Wildman–Crippen LogP) is -0.141. The highest BCUT2D eigenvalue weighted by atomic mass is 16.3. The zero-order valence-electron chi connectivity index (χ0n) is 9.97. The Morgan fingerprint density at radius 2 is 2.12 bits per heavy atom. The second-order valence-corrected chi connectivity index (χ2v) is 3.86. The molecule has 0 radical (unpaired) electrons. The summed E-state index contributed by atoms with van der Waals surface area (Å²) < 4.78 is 0. The lowest BCUT2D eigenvalue weighted by Gasteiger charge is -2.26. The fraction of sp³-hybridized carbons (Fsp3) is 0.417. The van der Waals surface area contributed by atoms with Gasteiger partial charge in [-0.1, -0.05) is 30.3 Å². The molecule has 0 spiro atoms. The molecule has 0 saturated heterocycles. The van der Waals surface area contributed by atoms with Gasteiger partial charge in [-0.05, 0) is 12.5 Å². The summed E-state index contributed by atoms with van der Waals surface area (Å²) in [6.45, 7) is 2.81. The van der Waals surface area contributed by atoms with E-state index in [9.17, 15) is 4.79 Å². The second-order valence-electron chi connectivity index (χ2n) is 3.86. The number of hydrogen-bond donors (Lipinski definition) is 3. The number of rotatable bonds is 6. The number of nitrogens with zero attached hydrogens (tertiary/aromatic N) is 1. The molecule has 0 aliphatic rings. The molecule has 1 atom stereocenters. The smallest absolute Gasteiger partial charge is 0.250 e. The van der Waals surface area contributed by atoms with Crippen LogP contribution in [-0.4, -0.2) is 35.1 Å². The Hall–Kier alpha value is -1.43. The van der Waals surface area contributed by atoms with Crippen molar-refractivity contribution < 1.29 is 9.90 Å². The van der Waals surface area contributed by atoms with Crippen molar-refractivity contribution in [3.05, 3.63) is 35.9 Å². The number of benzene rings is 1. The van der Waals surface area contributed by atoms with Crippen LogP contribution in [0.1, 0.15) is 12.5 Å². The van der Waals surface area contributed by atoms with E-state index >= 15 is 0 Å². The summed E-state index contributed by atoms with van der Waals surface area (Å²) in [5.41, 5.74) is 3.22. The molecule has 1 aromatic rings. The summed E-state index contributed by atoms with van der Waals surface area (Å²) in [4.78, 5) is 13.3. The molecule has 94 valence electrons. The molecule has 0 aliphatic heterocycles. The van der Waals surface area contributed by atoms with E-state index in [2.05, 4.69) is 5.43 Å². The molecule has 0 bridgehead atoms. The van der Waals surface area contributed by atoms with E-state index in [-0.39, 0.29) is 18.6 Å². The van der Waals surface area contributed by atoms with Crippen LogP contribution in [0.2, 0.25) is 0 Å². The minimum atomic E-state index is -0.368. The van der Waals surface area contributed by atoms with Crippen molar-refractivity contribution in [2.75, 3.05) is 13.2 Å². The van der Waals surface area contributed by atoms with Crippen LogP contribution in [0.15, 0.2) is 30.3 Å². The highest BCUT2D eigenvalue weighted by molar-refractivity contribution is 5.80. The number of hydrogen-bond acceptors (Lipinski definition) is 4. The van der Waals surface area contributed by atoms with Gasteiger partial charge in [0.25, 0.3) is 5.91 Å². The molecule has 1 rings (SSSR count). The lowest BCUT2D eigenvalue weighted by molar-refractivity contribution is -0.126. The van der Waals surface area contributed by atoms with E-state index in [0.717, 1.165) is 5.56 Å². The zero-order chi connectivity index (χ0) is 12.7. The molecule has 0 aliphatic carbocycles. The summed E-state index contributed by atoms with van der Waals surface area (Å²) >= 11 is 0. The van der Waals surface area contributed by atoms with Crippen LogP contribution in [0, 0.1) is 0 Å². The van der Waals surface area contributed by atoms with Gasteiger partial charge in [-0.15, -0.1) is 0 Å². The van der Waals surface area contributed by atoms with Gasteiger partial charge < -0.3 is 5.11 Å². The van der Waals surface area contributed by atoms with E-state index < -0.39 is 0 Å². The average Bonchev–Trinajstić information content (AvgIpc) is 2.37. The Morgan fingerprint density at radius 1 is 1.47 bits per heavy atom. The van der Waals surface area contributed by atoms with Crippen LogP contribution >= 0.6 is 0 Å². The van der Waals surface area contributed by atoms with Gasteiger partial charge in [-0.2, -0.15) is 0 Å². The maximum absolute atomic E-state index is 11.5. The van der Waals surface area contributed by atoms with E-state index in [0.29, 0.717) is 13.1 Å². The molecule has 0 heterocycles. The van der Waals surface area contributed by atoms with Gasteiger partial charge in [0.05, 0.1) is 12.6 Å². The van der Waals surface area contributed by atoms with Crippen molar-refractivity contribution in [2.24, 2.45) is 5.84 Å². The minimum Gasteiger partial charge on any atom is -0.395 e. The highest BCUT2D eigenvalue weighted by Crippen LogP contribution is 2.07. The van der Waals surface area contributed by atoms with Gasteiger partial charge in [0.1, 0.15) is 0 Å². The summed E-state index contributed by atoms with van der Waals surface area (Å²) in [7, 11) is 0. The molecule has 1 unspecified atom stereocenters. The first-order valence-corrected chi connectivity index (χ1v) is 5.58. The lowest BCUT2D eigenvalue weighted by Crippen LogP contribution is -2.48. The molecule has 17 heavy (non-hydrogen) atoms. The van der Waals surface area contributed by atoms with Crippen molar-refractivity contribution in [1.29, 1.82) is 0 Å². The molecule has 5 nitrogen and oxygen atoms in total. The first-order valence-electron chi connectivity index (χ1n) is 5.58. The van der Waals surface area contributed by atoms with Crippen LogP contribution in [0.25, 0.3) is 0 Å². The predicted molar refractivity (Wildman–Crippen MR) is 65.7 cm³/mol. The third-order valence-corrected chi connectivity index (χ3v) is 2.69. The Bertz CT molecular complexity index is 343. The molecule has 1 aromatic carbocycles. The molecule has 0 saturated carbocycles. The molecule has 5 heteroatoms. The summed E-state index contributed by atoms with van der Waals surface area (Å²) in [6.07, 6.45) is 0. The number of carbonyl (C=O) groups excluding carboxylic acids is 1. The first-order chi connectivity index (χ1) is 8.19. The number of nitrogens with two attached hydrogens (primary N) is 1. The maximum atomic E-state index is 11.5. The fourth-order valence-electron chi connectivity index (χ4n) is 1.64. The van der Waals surface area contributed by atoms with E-state index in [4.69, 9.17) is 10.9 Å². The third-order valence-electron chi connectivity index (χ3n) is 2.69. The van der Waals surface area contributed by atoms with Crippen LogP contribution in [0.5, 0.6) is 0 Å². The van der Waals surface area contributed by atoms with Crippen LogP contribution in [0.4, 0.5) is 0 Å². The maximum Gasteiger partial charge on any atom is 0.250 e.